The van der Waals surface area contributed by atoms with Crippen molar-refractivity contribution in [2.75, 3.05) is 7.11 Å². The van der Waals surface area contributed by atoms with E-state index in [0.717, 1.165) is 0 Å². The molecule has 82 valence electrons. The predicted octanol–water partition coefficient (Wildman–Crippen LogP) is 1.63. The highest BCUT2D eigenvalue weighted by Gasteiger charge is 2.33. The zero-order valence-electron chi connectivity index (χ0n) is 9.00. The van der Waals surface area contributed by atoms with E-state index in [1.807, 2.05) is 13.8 Å². The zero-order valence-corrected chi connectivity index (χ0v) is 9.00. The van der Waals surface area contributed by atoms with E-state index in [9.17, 15) is 9.59 Å². The van der Waals surface area contributed by atoms with Crippen LogP contribution in [-0.2, 0) is 14.3 Å². The monoisotopic (exact) mass is 202 g/mol. The van der Waals surface area contributed by atoms with Gasteiger partial charge in [0.2, 0.25) is 0 Å². The van der Waals surface area contributed by atoms with Crippen LogP contribution in [0.25, 0.3) is 0 Å². The Balaban J connectivity index is 4.36. The summed E-state index contributed by atoms with van der Waals surface area (Å²) in [5, 5.41) is 8.45. The molecule has 0 rings (SSSR count). The largest absolute Gasteiger partial charge is 0.481 e. The van der Waals surface area contributed by atoms with E-state index in [1.165, 1.54) is 7.11 Å². The molecule has 0 fully saturated rings. The number of rotatable bonds is 7. The van der Waals surface area contributed by atoms with Gasteiger partial charge in [0, 0.05) is 13.5 Å². The Bertz CT molecular complexity index is 198. The third-order valence-corrected chi connectivity index (χ3v) is 2.61. The van der Waals surface area contributed by atoms with Gasteiger partial charge >= 0.3 is 5.97 Å². The minimum absolute atomic E-state index is 0.0465. The average Bonchev–Trinajstić information content (AvgIpc) is 2.18. The van der Waals surface area contributed by atoms with Gasteiger partial charge in [-0.25, -0.2) is 0 Å². The molecule has 0 aliphatic heterocycles. The molecule has 0 aromatic rings. The number of methoxy groups -OCH3 is 1. The molecule has 0 bridgehead atoms. The molecule has 4 heteroatoms. The Labute approximate surface area is 84.3 Å². The van der Waals surface area contributed by atoms with E-state index in [1.54, 1.807) is 0 Å². The average molecular weight is 202 g/mol. The Morgan fingerprint density at radius 2 is 1.71 bits per heavy atom. The molecule has 14 heavy (non-hydrogen) atoms. The van der Waals surface area contributed by atoms with Crippen molar-refractivity contribution in [1.82, 2.24) is 0 Å². The molecule has 0 aliphatic rings. The zero-order chi connectivity index (χ0) is 11.2. The van der Waals surface area contributed by atoms with Crippen molar-refractivity contribution in [3.8, 4) is 0 Å². The molecule has 0 unspecified atom stereocenters. The van der Waals surface area contributed by atoms with Crippen LogP contribution >= 0.6 is 0 Å². The minimum Gasteiger partial charge on any atom is -0.481 e. The van der Waals surface area contributed by atoms with Gasteiger partial charge < -0.3 is 9.84 Å². The second-order valence-electron chi connectivity index (χ2n) is 3.22. The fraction of sp³-hybridized carbons (Fsp3) is 0.800. The normalized spacial score (nSPS) is 11.4. The summed E-state index contributed by atoms with van der Waals surface area (Å²) in [5.74, 6) is -1.07. The number of ether oxygens (including phenoxy) is 1. The van der Waals surface area contributed by atoms with Gasteiger partial charge in [0.15, 0.2) is 5.78 Å². The third-order valence-electron chi connectivity index (χ3n) is 2.61. The second kappa shape index (κ2) is 5.75. The van der Waals surface area contributed by atoms with Crippen molar-refractivity contribution in [1.29, 1.82) is 0 Å². The first-order valence-electron chi connectivity index (χ1n) is 4.82. The quantitative estimate of drug-likeness (QED) is 0.681. The molecule has 0 saturated carbocycles. The summed E-state index contributed by atoms with van der Waals surface area (Å²) in [6, 6.07) is 0. The van der Waals surface area contributed by atoms with Crippen molar-refractivity contribution in [3.05, 3.63) is 0 Å². The predicted molar refractivity (Wildman–Crippen MR) is 52.2 cm³/mol. The number of carbonyl (C=O) groups excluding carboxylic acids is 1. The smallest absolute Gasteiger partial charge is 0.303 e. The van der Waals surface area contributed by atoms with Crippen LogP contribution in [0.2, 0.25) is 0 Å². The van der Waals surface area contributed by atoms with E-state index in [-0.39, 0.29) is 18.6 Å². The van der Waals surface area contributed by atoms with Crippen LogP contribution < -0.4 is 0 Å². The van der Waals surface area contributed by atoms with E-state index in [2.05, 4.69) is 0 Å². The van der Waals surface area contributed by atoms with E-state index in [4.69, 9.17) is 9.84 Å². The number of carboxylic acids is 1. The molecule has 0 aromatic heterocycles. The Hall–Kier alpha value is -0.900. The molecule has 0 heterocycles. The molecule has 1 N–H and O–H groups in total. The summed E-state index contributed by atoms with van der Waals surface area (Å²) in [5.41, 5.74) is -0.782. The lowest BCUT2D eigenvalue weighted by Crippen LogP contribution is -2.39. The maximum atomic E-state index is 11.7. The third kappa shape index (κ3) is 3.10. The molecular formula is C10H18O4. The molecule has 0 saturated heterocycles. The molecule has 4 nitrogen and oxygen atoms in total. The van der Waals surface area contributed by atoms with Crippen LogP contribution in [0, 0.1) is 0 Å². The van der Waals surface area contributed by atoms with Gasteiger partial charge in [-0.2, -0.15) is 0 Å². The maximum absolute atomic E-state index is 11.7. The summed E-state index contributed by atoms with van der Waals surface area (Å²) >= 11 is 0. The number of Topliss-reactive ketones (excluding diaryl/α,β-unsaturated/α-hetero) is 1. The van der Waals surface area contributed by atoms with Crippen LogP contribution in [0.1, 0.15) is 39.5 Å². The second-order valence-corrected chi connectivity index (χ2v) is 3.22. The fourth-order valence-electron chi connectivity index (χ4n) is 1.50. The van der Waals surface area contributed by atoms with Crippen molar-refractivity contribution in [2.24, 2.45) is 0 Å². The molecular weight excluding hydrogens is 184 g/mol. The van der Waals surface area contributed by atoms with Gasteiger partial charge in [-0.05, 0) is 12.8 Å². The Kier molecular flexibility index (Phi) is 5.38. The lowest BCUT2D eigenvalue weighted by molar-refractivity contribution is -0.146. The molecule has 0 atom stereocenters. The molecule has 0 aromatic carbocycles. The first kappa shape index (κ1) is 13.1. The van der Waals surface area contributed by atoms with Crippen LogP contribution in [0.5, 0.6) is 0 Å². The lowest BCUT2D eigenvalue weighted by Gasteiger charge is -2.28. The molecule has 0 radical (unpaired) electrons. The number of carboxylic acid groups (broad SMARTS) is 1. The van der Waals surface area contributed by atoms with Crippen LogP contribution in [-0.4, -0.2) is 29.6 Å². The summed E-state index contributed by atoms with van der Waals surface area (Å²) in [6.45, 7) is 3.73. The highest BCUT2D eigenvalue weighted by molar-refractivity contribution is 5.89. The summed E-state index contributed by atoms with van der Waals surface area (Å²) < 4.78 is 5.19. The SMILES string of the molecule is CCC(CC)(OC)C(=O)CCC(=O)O. The van der Waals surface area contributed by atoms with Crippen molar-refractivity contribution >= 4 is 11.8 Å². The van der Waals surface area contributed by atoms with E-state index >= 15 is 0 Å². The van der Waals surface area contributed by atoms with Gasteiger partial charge in [-0.1, -0.05) is 13.8 Å². The number of carbonyl (C=O) groups is 2. The van der Waals surface area contributed by atoms with Crippen LogP contribution in [0.3, 0.4) is 0 Å². The Morgan fingerprint density at radius 3 is 2.00 bits per heavy atom. The van der Waals surface area contributed by atoms with Gasteiger partial charge in [-0.15, -0.1) is 0 Å². The van der Waals surface area contributed by atoms with Gasteiger partial charge in [-0.3, -0.25) is 9.59 Å². The van der Waals surface area contributed by atoms with Crippen LogP contribution in [0.15, 0.2) is 0 Å². The van der Waals surface area contributed by atoms with E-state index in [0.29, 0.717) is 12.8 Å². The summed E-state index contributed by atoms with van der Waals surface area (Å²) in [7, 11) is 1.49. The van der Waals surface area contributed by atoms with Crippen molar-refractivity contribution in [3.63, 3.8) is 0 Å². The molecule has 0 aliphatic carbocycles. The van der Waals surface area contributed by atoms with Crippen molar-refractivity contribution in [2.45, 2.75) is 45.1 Å². The fourth-order valence-corrected chi connectivity index (χ4v) is 1.50. The van der Waals surface area contributed by atoms with Gasteiger partial charge in [0.1, 0.15) is 5.60 Å². The number of hydrogen-bond donors (Lipinski definition) is 1. The first-order chi connectivity index (χ1) is 6.52. The molecule has 0 amide bonds. The van der Waals surface area contributed by atoms with Crippen molar-refractivity contribution < 1.29 is 19.4 Å². The Morgan fingerprint density at radius 1 is 1.21 bits per heavy atom. The highest BCUT2D eigenvalue weighted by Crippen LogP contribution is 2.22. The van der Waals surface area contributed by atoms with Gasteiger partial charge in [0.25, 0.3) is 0 Å². The highest BCUT2D eigenvalue weighted by atomic mass is 16.5. The standard InChI is InChI=1S/C10H18O4/c1-4-10(5-2,14-3)8(11)6-7-9(12)13/h4-7H2,1-3H3,(H,12,13). The van der Waals surface area contributed by atoms with Gasteiger partial charge in [0.05, 0.1) is 6.42 Å². The lowest BCUT2D eigenvalue weighted by atomic mass is 9.89. The van der Waals surface area contributed by atoms with E-state index < -0.39 is 11.6 Å². The summed E-state index contributed by atoms with van der Waals surface area (Å²) in [4.78, 5) is 22.0. The number of hydrogen-bond acceptors (Lipinski definition) is 3. The van der Waals surface area contributed by atoms with Crippen LogP contribution in [0.4, 0.5) is 0 Å². The molecule has 0 spiro atoms. The minimum atomic E-state index is -0.949. The first-order valence-corrected chi connectivity index (χ1v) is 4.82. The summed E-state index contributed by atoms with van der Waals surface area (Å²) in [6.07, 6.45) is 1.09. The number of ketones is 1. The maximum Gasteiger partial charge on any atom is 0.303 e. The number of aliphatic carboxylic acids is 1. The topological polar surface area (TPSA) is 63.6 Å².